The predicted octanol–water partition coefficient (Wildman–Crippen LogP) is 2.88. The maximum atomic E-state index is 11.3. The zero-order valence-electron chi connectivity index (χ0n) is 8.34. The predicted molar refractivity (Wildman–Crippen MR) is 53.4 cm³/mol. The molecule has 0 N–H and O–H groups in total. The Labute approximate surface area is 79.5 Å². The van der Waals surface area contributed by atoms with Gasteiger partial charge in [0, 0.05) is 6.42 Å². The topological polar surface area (TPSA) is 17.1 Å². The van der Waals surface area contributed by atoms with Crippen molar-refractivity contribution in [2.75, 3.05) is 0 Å². The normalized spacial score (nSPS) is 33.5. The van der Waals surface area contributed by atoms with E-state index in [-0.39, 0.29) is 0 Å². The Morgan fingerprint density at radius 3 is 2.92 bits per heavy atom. The van der Waals surface area contributed by atoms with Gasteiger partial charge in [-0.2, -0.15) is 0 Å². The molecule has 0 saturated carbocycles. The van der Waals surface area contributed by atoms with E-state index in [4.69, 9.17) is 0 Å². The number of ketones is 1. The Morgan fingerprint density at radius 2 is 2.15 bits per heavy atom. The van der Waals surface area contributed by atoms with Crippen LogP contribution in [0, 0.1) is 11.8 Å². The highest BCUT2D eigenvalue weighted by atomic mass is 16.1. The van der Waals surface area contributed by atoms with Gasteiger partial charge in [-0.05, 0) is 44.6 Å². The van der Waals surface area contributed by atoms with E-state index in [1.165, 1.54) is 24.0 Å². The molecule has 0 aliphatic heterocycles. The first-order valence-corrected chi connectivity index (χ1v) is 5.05. The van der Waals surface area contributed by atoms with Crippen LogP contribution in [0.15, 0.2) is 23.3 Å². The Morgan fingerprint density at radius 1 is 1.38 bits per heavy atom. The van der Waals surface area contributed by atoms with Crippen molar-refractivity contribution >= 4 is 5.78 Å². The fourth-order valence-electron chi connectivity index (χ4n) is 2.58. The summed E-state index contributed by atoms with van der Waals surface area (Å²) >= 11 is 0. The zero-order chi connectivity index (χ0) is 9.42. The quantitative estimate of drug-likeness (QED) is 0.519. The molecule has 1 nitrogen and oxygen atoms in total. The Kier molecular flexibility index (Phi) is 2.10. The van der Waals surface area contributed by atoms with Gasteiger partial charge in [-0.1, -0.05) is 17.2 Å². The van der Waals surface area contributed by atoms with Gasteiger partial charge < -0.3 is 0 Å². The van der Waals surface area contributed by atoms with Crippen LogP contribution < -0.4 is 0 Å². The number of fused-ring (bicyclic) bond motifs is 1. The summed E-state index contributed by atoms with van der Waals surface area (Å²) in [6.07, 6.45) is 7.33. The van der Waals surface area contributed by atoms with Crippen LogP contribution in [0.1, 0.15) is 33.1 Å². The van der Waals surface area contributed by atoms with E-state index < -0.39 is 0 Å². The molecular formula is C12H16O. The lowest BCUT2D eigenvalue weighted by atomic mass is 9.72. The largest absolute Gasteiger partial charge is 0.295 e. The van der Waals surface area contributed by atoms with Crippen LogP contribution in [0.2, 0.25) is 0 Å². The second-order valence-corrected chi connectivity index (χ2v) is 4.38. The SMILES string of the molecule is CC1=C[C@@H]2CC(=O)C=C(C)[C@@H]2CC1. The van der Waals surface area contributed by atoms with Gasteiger partial charge in [-0.3, -0.25) is 4.79 Å². The number of carbonyl (C=O) groups excluding carboxylic acids is 1. The molecule has 0 unspecified atom stereocenters. The molecule has 2 aliphatic carbocycles. The summed E-state index contributed by atoms with van der Waals surface area (Å²) in [5, 5.41) is 0. The molecule has 0 aromatic carbocycles. The molecule has 2 rings (SSSR count). The van der Waals surface area contributed by atoms with Crippen LogP contribution in [0.4, 0.5) is 0 Å². The lowest BCUT2D eigenvalue weighted by molar-refractivity contribution is -0.116. The zero-order valence-corrected chi connectivity index (χ0v) is 8.34. The summed E-state index contributed by atoms with van der Waals surface area (Å²) in [6.45, 7) is 4.28. The molecule has 0 radical (unpaired) electrons. The third kappa shape index (κ3) is 1.60. The summed E-state index contributed by atoms with van der Waals surface area (Å²) in [4.78, 5) is 11.3. The van der Waals surface area contributed by atoms with Gasteiger partial charge >= 0.3 is 0 Å². The van der Waals surface area contributed by atoms with E-state index in [0.717, 1.165) is 6.42 Å². The molecule has 0 heterocycles. The summed E-state index contributed by atoms with van der Waals surface area (Å²) < 4.78 is 0. The van der Waals surface area contributed by atoms with E-state index in [1.54, 1.807) is 0 Å². The van der Waals surface area contributed by atoms with E-state index in [9.17, 15) is 4.79 Å². The van der Waals surface area contributed by atoms with E-state index in [1.807, 2.05) is 6.08 Å². The fourth-order valence-corrected chi connectivity index (χ4v) is 2.58. The Bertz CT molecular complexity index is 296. The summed E-state index contributed by atoms with van der Waals surface area (Å²) in [7, 11) is 0. The van der Waals surface area contributed by atoms with Gasteiger partial charge in [0.2, 0.25) is 0 Å². The van der Waals surface area contributed by atoms with Crippen LogP contribution in [-0.2, 0) is 4.79 Å². The Balaban J connectivity index is 2.28. The minimum atomic E-state index is 0.310. The molecule has 2 atom stereocenters. The van der Waals surface area contributed by atoms with Gasteiger partial charge in [-0.25, -0.2) is 0 Å². The van der Waals surface area contributed by atoms with Crippen molar-refractivity contribution in [2.24, 2.45) is 11.8 Å². The number of rotatable bonds is 0. The van der Waals surface area contributed by atoms with E-state index >= 15 is 0 Å². The minimum Gasteiger partial charge on any atom is -0.295 e. The molecule has 0 aromatic rings. The number of carbonyl (C=O) groups is 1. The smallest absolute Gasteiger partial charge is 0.156 e. The molecule has 0 amide bonds. The van der Waals surface area contributed by atoms with Gasteiger partial charge in [-0.15, -0.1) is 0 Å². The van der Waals surface area contributed by atoms with Crippen molar-refractivity contribution in [3.63, 3.8) is 0 Å². The molecule has 0 saturated heterocycles. The first kappa shape index (κ1) is 8.74. The van der Waals surface area contributed by atoms with E-state index in [2.05, 4.69) is 19.9 Å². The average Bonchev–Trinajstić information content (AvgIpc) is 2.02. The number of hydrogen-bond acceptors (Lipinski definition) is 1. The lowest BCUT2D eigenvalue weighted by Gasteiger charge is -2.32. The Hall–Kier alpha value is -0.850. The standard InChI is InChI=1S/C12H16O/c1-8-3-4-12-9(2)6-11(13)7-10(12)5-8/h5-6,10,12H,3-4,7H2,1-2H3/t10-,12+/m1/s1. The second-order valence-electron chi connectivity index (χ2n) is 4.38. The van der Waals surface area contributed by atoms with Crippen LogP contribution in [0.3, 0.4) is 0 Å². The maximum absolute atomic E-state index is 11.3. The lowest BCUT2D eigenvalue weighted by Crippen LogP contribution is -2.25. The molecule has 0 fully saturated rings. The highest BCUT2D eigenvalue weighted by molar-refractivity contribution is 5.91. The molecule has 13 heavy (non-hydrogen) atoms. The molecular weight excluding hydrogens is 160 g/mol. The van der Waals surface area contributed by atoms with Gasteiger partial charge in [0.1, 0.15) is 0 Å². The highest BCUT2D eigenvalue weighted by Crippen LogP contribution is 2.38. The monoisotopic (exact) mass is 176 g/mol. The molecule has 70 valence electrons. The van der Waals surface area contributed by atoms with Gasteiger partial charge in [0.05, 0.1) is 0 Å². The third-order valence-electron chi connectivity index (χ3n) is 3.28. The van der Waals surface area contributed by atoms with Crippen LogP contribution in [-0.4, -0.2) is 5.78 Å². The molecule has 0 spiro atoms. The molecule has 1 heteroatoms. The minimum absolute atomic E-state index is 0.310. The van der Waals surface area contributed by atoms with Crippen molar-refractivity contribution < 1.29 is 4.79 Å². The van der Waals surface area contributed by atoms with Crippen LogP contribution >= 0.6 is 0 Å². The second kappa shape index (κ2) is 3.13. The molecule has 2 aliphatic rings. The first-order chi connectivity index (χ1) is 6.16. The fraction of sp³-hybridized carbons (Fsp3) is 0.583. The van der Waals surface area contributed by atoms with Crippen LogP contribution in [0.25, 0.3) is 0 Å². The summed E-state index contributed by atoms with van der Waals surface area (Å²) in [5.74, 6) is 1.47. The number of hydrogen-bond donors (Lipinski definition) is 0. The number of allylic oxidation sites excluding steroid dienone is 4. The highest BCUT2D eigenvalue weighted by Gasteiger charge is 2.29. The van der Waals surface area contributed by atoms with Gasteiger partial charge in [0.25, 0.3) is 0 Å². The molecule has 0 bridgehead atoms. The third-order valence-corrected chi connectivity index (χ3v) is 3.28. The molecule has 0 aromatic heterocycles. The van der Waals surface area contributed by atoms with Crippen molar-refractivity contribution in [1.29, 1.82) is 0 Å². The first-order valence-electron chi connectivity index (χ1n) is 5.05. The van der Waals surface area contributed by atoms with Crippen molar-refractivity contribution in [1.82, 2.24) is 0 Å². The van der Waals surface area contributed by atoms with Crippen LogP contribution in [0.5, 0.6) is 0 Å². The summed E-state index contributed by atoms with van der Waals surface area (Å²) in [5.41, 5.74) is 2.76. The maximum Gasteiger partial charge on any atom is 0.156 e. The van der Waals surface area contributed by atoms with Crippen molar-refractivity contribution in [2.45, 2.75) is 33.1 Å². The average molecular weight is 176 g/mol. The van der Waals surface area contributed by atoms with Gasteiger partial charge in [0.15, 0.2) is 5.78 Å². The van der Waals surface area contributed by atoms with E-state index in [0.29, 0.717) is 17.6 Å². The summed E-state index contributed by atoms with van der Waals surface area (Å²) in [6, 6.07) is 0. The van der Waals surface area contributed by atoms with Crippen molar-refractivity contribution in [3.8, 4) is 0 Å². The van der Waals surface area contributed by atoms with Crippen molar-refractivity contribution in [3.05, 3.63) is 23.3 Å².